The molecule has 0 spiro atoms. The van der Waals surface area contributed by atoms with E-state index in [1.54, 1.807) is 29.9 Å². The van der Waals surface area contributed by atoms with Gasteiger partial charge in [-0.25, -0.2) is 4.79 Å². The van der Waals surface area contributed by atoms with Gasteiger partial charge >= 0.3 is 6.09 Å². The van der Waals surface area contributed by atoms with E-state index in [0.29, 0.717) is 18.5 Å². The first kappa shape index (κ1) is 41.6. The number of aryl methyl sites for hydroxylation is 2. The second-order valence-corrected chi connectivity index (χ2v) is 13.7. The van der Waals surface area contributed by atoms with Crippen LogP contribution in [-0.2, 0) is 32.3 Å². The number of nitrogens with one attached hydrogen (secondary N) is 5. The molecule has 15 nitrogen and oxygen atoms in total. The smallest absolute Gasteiger partial charge is 0.404 e. The van der Waals surface area contributed by atoms with Crippen molar-refractivity contribution in [1.82, 2.24) is 41.3 Å². The van der Waals surface area contributed by atoms with Gasteiger partial charge in [-0.05, 0) is 63.1 Å². The van der Waals surface area contributed by atoms with Crippen molar-refractivity contribution in [3.63, 3.8) is 0 Å². The van der Waals surface area contributed by atoms with Crippen LogP contribution in [0.25, 0.3) is 0 Å². The van der Waals surface area contributed by atoms with Gasteiger partial charge < -0.3 is 36.8 Å². The SMILES string of the molecule is CC[C@@H](Cn1nc(C)cc1C)C(=O)N[C@@H](CNC(=O)O)C(=O)N[C@@H](CC(C)C)[C@@H](O)C[C@@H](C)C(=O)N[C@H](C(=O)NCc1ccccn1)C(C)C. The number of aromatic nitrogens is 3. The molecule has 5 amide bonds. The highest BCUT2D eigenvalue weighted by atomic mass is 16.4. The maximum atomic E-state index is 13.6. The molecule has 6 atom stereocenters. The largest absolute Gasteiger partial charge is 0.465 e. The molecule has 0 aliphatic carbocycles. The van der Waals surface area contributed by atoms with E-state index in [2.05, 4.69) is 36.7 Å². The predicted molar refractivity (Wildman–Crippen MR) is 187 cm³/mol. The van der Waals surface area contributed by atoms with Gasteiger partial charge in [0.2, 0.25) is 23.6 Å². The molecule has 0 unspecified atom stereocenters. The maximum absolute atomic E-state index is 13.6. The molecule has 0 aliphatic heterocycles. The van der Waals surface area contributed by atoms with Crippen molar-refractivity contribution in [2.45, 2.75) is 112 Å². The Bertz CT molecular complexity index is 1410. The van der Waals surface area contributed by atoms with Crippen LogP contribution >= 0.6 is 0 Å². The van der Waals surface area contributed by atoms with Gasteiger partial charge in [0, 0.05) is 17.8 Å². The predicted octanol–water partition coefficient (Wildman–Crippen LogP) is 2.05. The molecule has 0 aliphatic rings. The minimum absolute atomic E-state index is 0.0302. The van der Waals surface area contributed by atoms with Crippen LogP contribution in [0, 0.1) is 37.5 Å². The average molecular weight is 701 g/mol. The Morgan fingerprint density at radius 2 is 1.58 bits per heavy atom. The normalized spacial score (nSPS) is 14.9. The van der Waals surface area contributed by atoms with Crippen molar-refractivity contribution < 1.29 is 34.2 Å². The molecule has 2 aromatic rings. The lowest BCUT2D eigenvalue weighted by atomic mass is 9.91. The zero-order valence-electron chi connectivity index (χ0n) is 30.5. The van der Waals surface area contributed by atoms with Crippen LogP contribution in [0.4, 0.5) is 4.79 Å². The van der Waals surface area contributed by atoms with E-state index >= 15 is 0 Å². The molecule has 0 aromatic carbocycles. The highest BCUT2D eigenvalue weighted by molar-refractivity contribution is 5.90. The molecule has 2 heterocycles. The van der Waals surface area contributed by atoms with Crippen LogP contribution in [0.2, 0.25) is 0 Å². The van der Waals surface area contributed by atoms with E-state index < -0.39 is 66.4 Å². The van der Waals surface area contributed by atoms with Gasteiger partial charge in [-0.3, -0.25) is 28.8 Å². The molecule has 15 heteroatoms. The lowest BCUT2D eigenvalue weighted by Crippen LogP contribution is -2.57. The first-order valence-electron chi connectivity index (χ1n) is 17.3. The monoisotopic (exact) mass is 700 g/mol. The third kappa shape index (κ3) is 13.8. The van der Waals surface area contributed by atoms with Crippen LogP contribution in [0.15, 0.2) is 30.5 Å². The number of nitrogens with zero attached hydrogens (tertiary/aromatic N) is 3. The summed E-state index contributed by atoms with van der Waals surface area (Å²) in [5, 5.41) is 38.2. The van der Waals surface area contributed by atoms with Crippen LogP contribution < -0.4 is 26.6 Å². The van der Waals surface area contributed by atoms with Crippen LogP contribution in [0.1, 0.15) is 77.9 Å². The van der Waals surface area contributed by atoms with Crippen LogP contribution in [0.3, 0.4) is 0 Å². The van der Waals surface area contributed by atoms with E-state index in [9.17, 15) is 34.2 Å². The molecule has 2 aromatic heterocycles. The van der Waals surface area contributed by atoms with Crippen molar-refractivity contribution in [1.29, 1.82) is 0 Å². The fraction of sp³-hybridized carbons (Fsp3) is 0.629. The summed E-state index contributed by atoms with van der Waals surface area (Å²) in [5.74, 6) is -3.39. The van der Waals surface area contributed by atoms with Gasteiger partial charge in [0.15, 0.2) is 0 Å². The van der Waals surface area contributed by atoms with Gasteiger partial charge in [-0.15, -0.1) is 0 Å². The Morgan fingerprint density at radius 1 is 0.880 bits per heavy atom. The second-order valence-electron chi connectivity index (χ2n) is 13.7. The number of rotatable bonds is 20. The summed E-state index contributed by atoms with van der Waals surface area (Å²) in [6.07, 6.45) is -0.153. The number of hydrogen-bond donors (Lipinski definition) is 7. The van der Waals surface area contributed by atoms with Crippen LogP contribution in [-0.4, -0.2) is 85.5 Å². The lowest BCUT2D eigenvalue weighted by molar-refractivity contribution is -0.133. The second kappa shape index (κ2) is 20.2. The molecular weight excluding hydrogens is 644 g/mol. The number of pyridine rings is 1. The maximum Gasteiger partial charge on any atom is 0.404 e. The number of carbonyl (C=O) groups excluding carboxylic acids is 4. The van der Waals surface area contributed by atoms with Gasteiger partial charge in [-0.1, -0.05) is 47.6 Å². The molecule has 0 fully saturated rings. The number of carboxylic acid groups (broad SMARTS) is 1. The Labute approximate surface area is 294 Å². The molecule has 278 valence electrons. The average Bonchev–Trinajstić information content (AvgIpc) is 3.37. The summed E-state index contributed by atoms with van der Waals surface area (Å²) < 4.78 is 1.72. The Hall–Kier alpha value is -4.53. The van der Waals surface area contributed by atoms with Crippen molar-refractivity contribution >= 4 is 29.7 Å². The molecule has 2 rings (SSSR count). The third-order valence-corrected chi connectivity index (χ3v) is 8.43. The minimum Gasteiger partial charge on any atom is -0.465 e. The topological polar surface area (TPSA) is 217 Å². The van der Waals surface area contributed by atoms with Gasteiger partial charge in [0.1, 0.15) is 12.1 Å². The zero-order chi connectivity index (χ0) is 37.5. The zero-order valence-corrected chi connectivity index (χ0v) is 30.5. The number of carbonyl (C=O) groups is 5. The fourth-order valence-electron chi connectivity index (χ4n) is 5.51. The number of aliphatic hydroxyl groups is 1. The molecule has 7 N–H and O–H groups in total. The van der Waals surface area contributed by atoms with Gasteiger partial charge in [0.05, 0.1) is 49.1 Å². The Kier molecular flexibility index (Phi) is 16.8. The Morgan fingerprint density at radius 3 is 2.12 bits per heavy atom. The molecule has 0 saturated carbocycles. The molecule has 50 heavy (non-hydrogen) atoms. The summed E-state index contributed by atoms with van der Waals surface area (Å²) in [7, 11) is 0. The quantitative estimate of drug-likeness (QED) is 0.107. The van der Waals surface area contributed by atoms with Crippen molar-refractivity contribution in [2.75, 3.05) is 6.54 Å². The molecule has 0 bridgehead atoms. The van der Waals surface area contributed by atoms with E-state index in [4.69, 9.17) is 0 Å². The van der Waals surface area contributed by atoms with E-state index in [0.717, 1.165) is 11.4 Å². The van der Waals surface area contributed by atoms with Crippen LogP contribution in [0.5, 0.6) is 0 Å². The standard InChI is InChI=1S/C35H56N8O7/c1-9-25(19-43-24(8)16-23(7)42-43)32(46)40-28(18-38-35(49)50)33(47)39-27(14-20(2)3)29(44)15-22(6)31(45)41-30(21(4)5)34(48)37-17-26-12-10-11-13-36-26/h10-13,16,20-22,25,27-30,38,44H,9,14-15,17-19H2,1-8H3,(H,37,48)(H,39,47)(H,40,46)(H,41,45)(H,49,50)/t22-,25+,27+,28+,29+,30+/m1/s1. The summed E-state index contributed by atoms with van der Waals surface area (Å²) in [6, 6.07) is 4.35. The number of amides is 5. The first-order chi connectivity index (χ1) is 23.5. The minimum atomic E-state index is -1.37. The summed E-state index contributed by atoms with van der Waals surface area (Å²) >= 11 is 0. The number of hydrogen-bond acceptors (Lipinski definition) is 8. The summed E-state index contributed by atoms with van der Waals surface area (Å²) in [6.45, 7) is 14.7. The van der Waals surface area contributed by atoms with E-state index in [1.807, 2.05) is 60.6 Å². The molecule has 0 radical (unpaired) electrons. The summed E-state index contributed by atoms with van der Waals surface area (Å²) in [4.78, 5) is 68.7. The lowest BCUT2D eigenvalue weighted by Gasteiger charge is -2.30. The van der Waals surface area contributed by atoms with E-state index in [-0.39, 0.29) is 37.3 Å². The van der Waals surface area contributed by atoms with Crippen molar-refractivity contribution in [2.24, 2.45) is 23.7 Å². The van der Waals surface area contributed by atoms with Gasteiger partial charge in [0.25, 0.3) is 0 Å². The number of aliphatic hydroxyl groups excluding tert-OH is 1. The first-order valence-corrected chi connectivity index (χ1v) is 17.3. The van der Waals surface area contributed by atoms with Crippen molar-refractivity contribution in [3.05, 3.63) is 47.5 Å². The van der Waals surface area contributed by atoms with E-state index in [1.165, 1.54) is 0 Å². The molecular formula is C35H56N8O7. The fourth-order valence-corrected chi connectivity index (χ4v) is 5.51. The molecule has 0 saturated heterocycles. The van der Waals surface area contributed by atoms with Gasteiger partial charge in [-0.2, -0.15) is 5.10 Å². The summed E-state index contributed by atoms with van der Waals surface area (Å²) in [5.41, 5.74) is 2.37. The van der Waals surface area contributed by atoms with Crippen molar-refractivity contribution in [3.8, 4) is 0 Å². The highest BCUT2D eigenvalue weighted by Crippen LogP contribution is 2.17. The Balaban J connectivity index is 2.11. The third-order valence-electron chi connectivity index (χ3n) is 8.43. The highest BCUT2D eigenvalue weighted by Gasteiger charge is 2.32.